The smallest absolute Gasteiger partial charge is 0.405 e. The first kappa shape index (κ1) is 14.8. The summed E-state index contributed by atoms with van der Waals surface area (Å²) in [6, 6.07) is 3.01. The summed E-state index contributed by atoms with van der Waals surface area (Å²) in [5, 5.41) is 2.06. The summed E-state index contributed by atoms with van der Waals surface area (Å²) in [7, 11) is 0. The van der Waals surface area contributed by atoms with Crippen LogP contribution in [0.1, 0.15) is 5.56 Å². The fourth-order valence-electron chi connectivity index (χ4n) is 1.71. The number of hydrogen-bond acceptors (Lipinski definition) is 3. The largest absolute Gasteiger partial charge is 0.486 e. The average molecular weight is 310 g/mol. The molecule has 0 saturated carbocycles. The number of rotatable bonds is 3. The minimum absolute atomic E-state index is 0.216. The first-order valence-electron chi connectivity index (χ1n) is 5.76. The van der Waals surface area contributed by atoms with Crippen molar-refractivity contribution in [1.82, 2.24) is 5.32 Å². The molecule has 0 aromatic heterocycles. The quantitative estimate of drug-likeness (QED) is 0.932. The van der Waals surface area contributed by atoms with Crippen LogP contribution >= 0.6 is 11.6 Å². The van der Waals surface area contributed by atoms with Crippen molar-refractivity contribution in [1.29, 1.82) is 0 Å². The summed E-state index contributed by atoms with van der Waals surface area (Å²) < 4.78 is 46.5. The van der Waals surface area contributed by atoms with Crippen LogP contribution in [0.4, 0.5) is 13.2 Å². The summed E-state index contributed by atoms with van der Waals surface area (Å²) in [6.07, 6.45) is -4.65. The Kier molecular flexibility index (Phi) is 4.27. The molecule has 1 N–H and O–H groups in total. The molecule has 1 aliphatic heterocycles. The summed E-state index contributed by atoms with van der Waals surface area (Å²) >= 11 is 5.96. The van der Waals surface area contributed by atoms with Crippen molar-refractivity contribution in [3.8, 4) is 11.5 Å². The molecule has 0 radical (unpaired) electrons. The molecule has 0 bridgehead atoms. The zero-order valence-corrected chi connectivity index (χ0v) is 11.0. The Bertz CT molecular complexity index is 519. The number of ether oxygens (including phenoxy) is 2. The van der Waals surface area contributed by atoms with Crippen LogP contribution in [0.5, 0.6) is 11.5 Å². The maximum Gasteiger partial charge on any atom is 0.405 e. The Labute approximate surface area is 117 Å². The van der Waals surface area contributed by atoms with Gasteiger partial charge in [-0.25, -0.2) is 0 Å². The molecule has 1 amide bonds. The van der Waals surface area contributed by atoms with Crippen molar-refractivity contribution < 1.29 is 27.4 Å². The third-order valence-corrected chi connectivity index (χ3v) is 2.79. The lowest BCUT2D eigenvalue weighted by atomic mass is 10.1. The Morgan fingerprint density at radius 3 is 2.70 bits per heavy atom. The fourth-order valence-corrected chi connectivity index (χ4v) is 2.00. The van der Waals surface area contributed by atoms with Gasteiger partial charge in [-0.3, -0.25) is 4.79 Å². The molecule has 20 heavy (non-hydrogen) atoms. The first-order chi connectivity index (χ1) is 9.35. The summed E-state index contributed by atoms with van der Waals surface area (Å²) in [5.41, 5.74) is 0.457. The van der Waals surface area contributed by atoms with Crippen LogP contribution < -0.4 is 14.8 Å². The third kappa shape index (κ3) is 3.93. The number of alkyl halides is 3. The second-order valence-corrected chi connectivity index (χ2v) is 4.58. The van der Waals surface area contributed by atoms with Gasteiger partial charge in [-0.1, -0.05) is 11.6 Å². The normalized spacial score (nSPS) is 14.0. The molecule has 0 fully saturated rings. The highest BCUT2D eigenvalue weighted by atomic mass is 35.5. The average Bonchev–Trinajstić information content (AvgIpc) is 2.36. The molecule has 0 unspecified atom stereocenters. The molecule has 0 aliphatic carbocycles. The van der Waals surface area contributed by atoms with E-state index in [4.69, 9.17) is 21.1 Å². The highest BCUT2D eigenvalue weighted by molar-refractivity contribution is 6.32. The van der Waals surface area contributed by atoms with Gasteiger partial charge in [0.25, 0.3) is 0 Å². The van der Waals surface area contributed by atoms with E-state index in [9.17, 15) is 18.0 Å². The zero-order chi connectivity index (χ0) is 14.8. The molecular formula is C12H11ClF3NO3. The van der Waals surface area contributed by atoms with Crippen molar-refractivity contribution in [3.63, 3.8) is 0 Å². The second kappa shape index (κ2) is 5.78. The minimum Gasteiger partial charge on any atom is -0.486 e. The number of nitrogens with one attached hydrogen (secondary N) is 1. The van der Waals surface area contributed by atoms with Crippen molar-refractivity contribution in [2.24, 2.45) is 0 Å². The number of carbonyl (C=O) groups excluding carboxylic acids is 1. The number of benzene rings is 1. The van der Waals surface area contributed by atoms with Gasteiger partial charge >= 0.3 is 6.18 Å². The summed E-state index contributed by atoms with van der Waals surface area (Å²) in [5.74, 6) is 0.0369. The standard InChI is InChI=1S/C12H11ClF3NO3/c13-8-3-7(4-9-11(8)20-2-1-19-9)5-10(18)17-6-12(14,15)16/h3-4H,1-2,5-6H2,(H,17,18). The van der Waals surface area contributed by atoms with E-state index >= 15 is 0 Å². The van der Waals surface area contributed by atoms with Gasteiger partial charge in [0.05, 0.1) is 11.4 Å². The van der Waals surface area contributed by atoms with Crippen molar-refractivity contribution >= 4 is 17.5 Å². The molecule has 8 heteroatoms. The van der Waals surface area contributed by atoms with Gasteiger partial charge in [0.1, 0.15) is 19.8 Å². The van der Waals surface area contributed by atoms with Gasteiger partial charge in [0, 0.05) is 0 Å². The number of amides is 1. The van der Waals surface area contributed by atoms with E-state index in [0.717, 1.165) is 0 Å². The molecule has 0 saturated heterocycles. The maximum atomic E-state index is 12.0. The minimum atomic E-state index is -4.43. The van der Waals surface area contributed by atoms with Crippen LogP contribution in [-0.4, -0.2) is 31.8 Å². The van der Waals surface area contributed by atoms with Gasteiger partial charge in [-0.05, 0) is 17.7 Å². The molecular weight excluding hydrogens is 299 g/mol. The van der Waals surface area contributed by atoms with Crippen molar-refractivity contribution in [2.75, 3.05) is 19.8 Å². The Morgan fingerprint density at radius 1 is 1.30 bits per heavy atom. The predicted octanol–water partition coefficient (Wildman–Crippen LogP) is 2.33. The summed E-state index contributed by atoms with van der Waals surface area (Å²) in [4.78, 5) is 11.4. The number of fused-ring (bicyclic) bond motifs is 1. The Morgan fingerprint density at radius 2 is 2.00 bits per heavy atom. The van der Waals surface area contributed by atoms with Gasteiger partial charge in [-0.2, -0.15) is 13.2 Å². The molecule has 2 rings (SSSR count). The number of halogens is 4. The lowest BCUT2D eigenvalue weighted by Crippen LogP contribution is -2.34. The van der Waals surface area contributed by atoms with E-state index in [1.54, 1.807) is 5.32 Å². The van der Waals surface area contributed by atoms with E-state index in [0.29, 0.717) is 30.3 Å². The van der Waals surface area contributed by atoms with E-state index in [1.165, 1.54) is 12.1 Å². The van der Waals surface area contributed by atoms with Gasteiger partial charge in [-0.15, -0.1) is 0 Å². The van der Waals surface area contributed by atoms with E-state index in [1.807, 2.05) is 0 Å². The molecule has 1 aliphatic rings. The SMILES string of the molecule is O=C(Cc1cc(Cl)c2c(c1)OCCO2)NCC(F)(F)F. The van der Waals surface area contributed by atoms with Crippen molar-refractivity contribution in [3.05, 3.63) is 22.7 Å². The molecule has 1 aromatic rings. The lowest BCUT2D eigenvalue weighted by Gasteiger charge is -2.20. The zero-order valence-electron chi connectivity index (χ0n) is 10.2. The fraction of sp³-hybridized carbons (Fsp3) is 0.417. The monoisotopic (exact) mass is 309 g/mol. The molecule has 1 heterocycles. The third-order valence-electron chi connectivity index (χ3n) is 2.51. The summed E-state index contributed by atoms with van der Waals surface area (Å²) in [6.45, 7) is -0.630. The Hall–Kier alpha value is -1.63. The second-order valence-electron chi connectivity index (χ2n) is 4.17. The first-order valence-corrected chi connectivity index (χ1v) is 6.14. The van der Waals surface area contributed by atoms with Crippen LogP contribution in [0.15, 0.2) is 12.1 Å². The Balaban J connectivity index is 2.03. The topological polar surface area (TPSA) is 47.6 Å². The van der Waals surface area contributed by atoms with Gasteiger partial charge in [0.2, 0.25) is 5.91 Å². The van der Waals surface area contributed by atoms with Crippen LogP contribution in [-0.2, 0) is 11.2 Å². The van der Waals surface area contributed by atoms with Crippen molar-refractivity contribution in [2.45, 2.75) is 12.6 Å². The molecule has 1 aromatic carbocycles. The highest BCUT2D eigenvalue weighted by Gasteiger charge is 2.27. The van der Waals surface area contributed by atoms with E-state index in [-0.39, 0.29) is 11.4 Å². The maximum absolute atomic E-state index is 12.0. The molecule has 0 atom stereocenters. The van der Waals surface area contributed by atoms with Crippen LogP contribution in [0.3, 0.4) is 0 Å². The molecule has 110 valence electrons. The van der Waals surface area contributed by atoms with Crippen LogP contribution in [0.2, 0.25) is 5.02 Å². The molecule has 0 spiro atoms. The number of hydrogen-bond donors (Lipinski definition) is 1. The van der Waals surface area contributed by atoms with Gasteiger partial charge < -0.3 is 14.8 Å². The van der Waals surface area contributed by atoms with E-state index < -0.39 is 18.6 Å². The van der Waals surface area contributed by atoms with E-state index in [2.05, 4.69) is 0 Å². The van der Waals surface area contributed by atoms with Crippen LogP contribution in [0.25, 0.3) is 0 Å². The molecule has 4 nitrogen and oxygen atoms in total. The predicted molar refractivity (Wildman–Crippen MR) is 65.2 cm³/mol. The van der Waals surface area contributed by atoms with Gasteiger partial charge in [0.15, 0.2) is 11.5 Å². The lowest BCUT2D eigenvalue weighted by molar-refractivity contribution is -0.138. The highest BCUT2D eigenvalue weighted by Crippen LogP contribution is 2.38. The number of carbonyl (C=O) groups is 1. The van der Waals surface area contributed by atoms with Crippen LogP contribution in [0, 0.1) is 0 Å².